The van der Waals surface area contributed by atoms with Crippen LogP contribution in [0.25, 0.3) is 6.08 Å². The molecule has 0 saturated carbocycles. The van der Waals surface area contributed by atoms with E-state index in [1.165, 1.54) is 11.3 Å². The fourth-order valence-electron chi connectivity index (χ4n) is 4.00. The van der Waals surface area contributed by atoms with Crippen LogP contribution in [0.15, 0.2) is 80.6 Å². The number of allylic oxidation sites excluding steroid dienone is 1. The third-order valence-corrected chi connectivity index (χ3v) is 7.16. The Balaban J connectivity index is 1.90. The van der Waals surface area contributed by atoms with E-state index in [0.29, 0.717) is 44.3 Å². The number of nitrogens with zero attached hydrogens (tertiary/aromatic N) is 2. The van der Waals surface area contributed by atoms with E-state index in [9.17, 15) is 9.59 Å². The Labute approximate surface area is 220 Å². The van der Waals surface area contributed by atoms with Crippen molar-refractivity contribution < 1.29 is 19.0 Å². The molecule has 0 saturated heterocycles. The van der Waals surface area contributed by atoms with Crippen molar-refractivity contribution >= 4 is 39.3 Å². The van der Waals surface area contributed by atoms with Crippen molar-refractivity contribution in [3.05, 3.63) is 102 Å². The van der Waals surface area contributed by atoms with Gasteiger partial charge in [-0.3, -0.25) is 9.36 Å². The maximum atomic E-state index is 13.7. The maximum absolute atomic E-state index is 13.7. The van der Waals surface area contributed by atoms with Crippen molar-refractivity contribution in [2.45, 2.75) is 19.9 Å². The molecular weight excluding hydrogens is 544 g/mol. The summed E-state index contributed by atoms with van der Waals surface area (Å²) in [6, 6.07) is 12.2. The molecule has 0 amide bonds. The molecule has 2 heterocycles. The third kappa shape index (κ3) is 4.94. The van der Waals surface area contributed by atoms with Gasteiger partial charge in [0.1, 0.15) is 24.1 Å². The predicted octanol–water partition coefficient (Wildman–Crippen LogP) is 4.13. The fraction of sp³-hybridized carbons (Fsp3) is 0.222. The first-order valence-corrected chi connectivity index (χ1v) is 12.9. The summed E-state index contributed by atoms with van der Waals surface area (Å²) in [6.45, 7) is 7.76. The van der Waals surface area contributed by atoms with Gasteiger partial charge in [-0.25, -0.2) is 9.79 Å². The van der Waals surface area contributed by atoms with Crippen LogP contribution in [0.4, 0.5) is 0 Å². The molecule has 4 rings (SSSR count). The molecule has 3 aromatic rings. The van der Waals surface area contributed by atoms with Gasteiger partial charge in [-0.05, 0) is 59.6 Å². The third-order valence-electron chi connectivity index (χ3n) is 5.56. The highest BCUT2D eigenvalue weighted by atomic mass is 79.9. The normalized spacial score (nSPS) is 15.2. The van der Waals surface area contributed by atoms with Crippen molar-refractivity contribution in [2.24, 2.45) is 4.99 Å². The van der Waals surface area contributed by atoms with Gasteiger partial charge in [0, 0.05) is 5.56 Å². The number of esters is 1. The molecule has 0 radical (unpaired) electrons. The van der Waals surface area contributed by atoms with E-state index < -0.39 is 12.0 Å². The van der Waals surface area contributed by atoms with Crippen LogP contribution in [0.5, 0.6) is 11.5 Å². The summed E-state index contributed by atoms with van der Waals surface area (Å²) >= 11 is 4.78. The quantitative estimate of drug-likeness (QED) is 0.301. The Morgan fingerprint density at radius 3 is 2.72 bits per heavy atom. The molecule has 7 nitrogen and oxygen atoms in total. The van der Waals surface area contributed by atoms with Crippen molar-refractivity contribution in [3.8, 4) is 11.5 Å². The van der Waals surface area contributed by atoms with Crippen LogP contribution in [-0.4, -0.2) is 30.9 Å². The molecule has 0 spiro atoms. The fourth-order valence-corrected chi connectivity index (χ4v) is 5.56. The summed E-state index contributed by atoms with van der Waals surface area (Å²) in [5, 5.41) is 0. The zero-order valence-electron chi connectivity index (χ0n) is 20.1. The number of hydrogen-bond acceptors (Lipinski definition) is 7. The van der Waals surface area contributed by atoms with Gasteiger partial charge in [0.05, 0.1) is 34.0 Å². The first-order valence-electron chi connectivity index (χ1n) is 11.2. The second-order valence-corrected chi connectivity index (χ2v) is 9.70. The van der Waals surface area contributed by atoms with Crippen LogP contribution >= 0.6 is 27.3 Å². The van der Waals surface area contributed by atoms with Crippen LogP contribution in [0.1, 0.15) is 31.0 Å². The number of rotatable bonds is 8. The monoisotopic (exact) mass is 568 g/mol. The lowest BCUT2D eigenvalue weighted by atomic mass is 9.95. The summed E-state index contributed by atoms with van der Waals surface area (Å²) in [5.41, 5.74) is 2.05. The average molecular weight is 569 g/mol. The number of thiazole rings is 1. The predicted molar refractivity (Wildman–Crippen MR) is 143 cm³/mol. The lowest BCUT2D eigenvalue weighted by Crippen LogP contribution is -2.40. The summed E-state index contributed by atoms with van der Waals surface area (Å²) in [4.78, 5) is 31.9. The highest BCUT2D eigenvalue weighted by Crippen LogP contribution is 2.35. The van der Waals surface area contributed by atoms with E-state index in [2.05, 4.69) is 27.5 Å². The van der Waals surface area contributed by atoms with Gasteiger partial charge < -0.3 is 14.2 Å². The van der Waals surface area contributed by atoms with Crippen LogP contribution in [0, 0.1) is 0 Å². The lowest BCUT2D eigenvalue weighted by Gasteiger charge is -2.25. The smallest absolute Gasteiger partial charge is 0.338 e. The number of ether oxygens (including phenoxy) is 3. The first-order chi connectivity index (χ1) is 17.4. The van der Waals surface area contributed by atoms with E-state index in [0.717, 1.165) is 10.0 Å². The minimum Gasteiger partial charge on any atom is -0.496 e. The molecule has 1 aromatic heterocycles. The Bertz CT molecular complexity index is 1540. The number of para-hydroxylation sites is 1. The highest BCUT2D eigenvalue weighted by Gasteiger charge is 2.34. The van der Waals surface area contributed by atoms with Gasteiger partial charge in [0.25, 0.3) is 5.56 Å². The molecule has 9 heteroatoms. The minimum atomic E-state index is -0.736. The second-order valence-electron chi connectivity index (χ2n) is 7.83. The van der Waals surface area contributed by atoms with Gasteiger partial charge in [-0.15, -0.1) is 0 Å². The molecule has 1 aliphatic heterocycles. The number of benzene rings is 2. The number of aromatic nitrogens is 1. The SMILES string of the molecule is C=CCOc1ccc(/C=c2/sc3n(c2=O)[C@@H](c2ccccc2OC)C(C(=O)OCC)=C(C)N=3)cc1Br. The lowest BCUT2D eigenvalue weighted by molar-refractivity contribution is -0.139. The molecule has 186 valence electrons. The van der Waals surface area contributed by atoms with Gasteiger partial charge in [-0.2, -0.15) is 0 Å². The van der Waals surface area contributed by atoms with E-state index in [-0.39, 0.29) is 12.2 Å². The van der Waals surface area contributed by atoms with Crippen molar-refractivity contribution in [1.82, 2.24) is 4.57 Å². The number of halogens is 1. The Hall–Kier alpha value is -3.43. The molecule has 0 unspecified atom stereocenters. The second kappa shape index (κ2) is 11.1. The van der Waals surface area contributed by atoms with Gasteiger partial charge >= 0.3 is 5.97 Å². The highest BCUT2D eigenvalue weighted by molar-refractivity contribution is 9.10. The number of carbonyl (C=O) groups is 1. The zero-order valence-corrected chi connectivity index (χ0v) is 22.5. The molecule has 1 atom stereocenters. The molecule has 0 bridgehead atoms. The van der Waals surface area contributed by atoms with Crippen LogP contribution in [0.3, 0.4) is 0 Å². The summed E-state index contributed by atoms with van der Waals surface area (Å²) < 4.78 is 19.3. The number of carbonyl (C=O) groups excluding carboxylic acids is 1. The molecule has 0 aliphatic carbocycles. The average Bonchev–Trinajstić information content (AvgIpc) is 3.17. The topological polar surface area (TPSA) is 79.1 Å². The minimum absolute atomic E-state index is 0.208. The Kier molecular flexibility index (Phi) is 7.91. The standard InChI is InChI=1S/C27H25BrN2O5S/c1-5-13-35-21-12-11-17(14-19(21)28)15-22-25(31)30-24(18-9-7-8-10-20(18)33-4)23(26(32)34-6-2)16(3)29-27(30)36-22/h5,7-12,14-15,24H,1,6,13H2,2-4H3/b22-15+/t24-/m0/s1. The van der Waals surface area contributed by atoms with E-state index in [1.54, 1.807) is 43.7 Å². The summed E-state index contributed by atoms with van der Waals surface area (Å²) in [5.74, 6) is 0.731. The Morgan fingerprint density at radius 1 is 1.25 bits per heavy atom. The van der Waals surface area contributed by atoms with Crippen LogP contribution in [0.2, 0.25) is 0 Å². The van der Waals surface area contributed by atoms with E-state index in [1.807, 2.05) is 36.4 Å². The number of hydrogen-bond donors (Lipinski definition) is 0. The van der Waals surface area contributed by atoms with Crippen LogP contribution in [-0.2, 0) is 9.53 Å². The molecule has 0 N–H and O–H groups in total. The summed E-state index contributed by atoms with van der Waals surface area (Å²) in [6.07, 6.45) is 3.47. The molecule has 2 aromatic carbocycles. The number of methoxy groups -OCH3 is 1. The molecule has 36 heavy (non-hydrogen) atoms. The van der Waals surface area contributed by atoms with Crippen molar-refractivity contribution in [3.63, 3.8) is 0 Å². The van der Waals surface area contributed by atoms with Gasteiger partial charge in [-0.1, -0.05) is 48.3 Å². The first kappa shape index (κ1) is 25.7. The van der Waals surface area contributed by atoms with E-state index in [4.69, 9.17) is 14.2 Å². The van der Waals surface area contributed by atoms with Crippen molar-refractivity contribution in [2.75, 3.05) is 20.3 Å². The van der Waals surface area contributed by atoms with Crippen LogP contribution < -0.4 is 24.4 Å². The van der Waals surface area contributed by atoms with E-state index >= 15 is 0 Å². The summed E-state index contributed by atoms with van der Waals surface area (Å²) in [7, 11) is 1.56. The van der Waals surface area contributed by atoms with Crippen molar-refractivity contribution in [1.29, 1.82) is 0 Å². The largest absolute Gasteiger partial charge is 0.496 e. The molecule has 1 aliphatic rings. The molecular formula is C27H25BrN2O5S. The maximum Gasteiger partial charge on any atom is 0.338 e. The van der Waals surface area contributed by atoms with Gasteiger partial charge in [0.2, 0.25) is 0 Å². The zero-order chi connectivity index (χ0) is 25.8. The number of fused-ring (bicyclic) bond motifs is 1. The Morgan fingerprint density at radius 2 is 2.03 bits per heavy atom. The molecule has 0 fully saturated rings. The van der Waals surface area contributed by atoms with Gasteiger partial charge in [0.15, 0.2) is 4.80 Å².